The van der Waals surface area contributed by atoms with Gasteiger partial charge in [-0.3, -0.25) is 4.79 Å². The largest absolute Gasteiger partial charge is 0.385 e. The zero-order chi connectivity index (χ0) is 14.5. The Bertz CT molecular complexity index is 211. The molecule has 1 N–H and O–H groups in total. The second-order valence-electron chi connectivity index (χ2n) is 6.09. The number of unbranched alkanes of at least 4 members (excludes halogenated alkanes) is 9. The van der Waals surface area contributed by atoms with Crippen LogP contribution < -0.4 is 0 Å². The number of hydrogen-bond acceptors (Lipinski definition) is 2. The average molecular weight is 270 g/mol. The van der Waals surface area contributed by atoms with Crippen molar-refractivity contribution in [3.8, 4) is 0 Å². The van der Waals surface area contributed by atoms with Crippen molar-refractivity contribution in [2.24, 2.45) is 5.92 Å². The van der Waals surface area contributed by atoms with Crippen molar-refractivity contribution >= 4 is 5.78 Å². The second kappa shape index (κ2) is 12.7. The molecule has 0 saturated carbocycles. The third-order valence-electron chi connectivity index (χ3n) is 3.74. The van der Waals surface area contributed by atoms with E-state index in [1.807, 2.05) is 13.8 Å². The molecule has 0 aromatic carbocycles. The van der Waals surface area contributed by atoms with Gasteiger partial charge in [-0.15, -0.1) is 0 Å². The molecule has 0 aromatic heterocycles. The molecule has 0 aliphatic heterocycles. The van der Waals surface area contributed by atoms with Gasteiger partial charge in [0.05, 0.1) is 0 Å². The molecule has 0 aliphatic carbocycles. The van der Waals surface area contributed by atoms with Crippen LogP contribution in [-0.2, 0) is 4.79 Å². The molecule has 0 aliphatic rings. The summed E-state index contributed by atoms with van der Waals surface area (Å²) in [5.74, 6) is 0.0742. The molecule has 0 rings (SSSR count). The summed E-state index contributed by atoms with van der Waals surface area (Å²) in [6, 6.07) is 0. The van der Waals surface area contributed by atoms with Crippen LogP contribution in [0.2, 0.25) is 0 Å². The van der Waals surface area contributed by atoms with Crippen molar-refractivity contribution in [1.82, 2.24) is 0 Å². The van der Waals surface area contributed by atoms with Crippen molar-refractivity contribution in [2.45, 2.75) is 97.5 Å². The highest BCUT2D eigenvalue weighted by molar-refractivity contribution is 5.82. The number of rotatable bonds is 13. The molecule has 0 aromatic rings. The van der Waals surface area contributed by atoms with Gasteiger partial charge < -0.3 is 5.11 Å². The van der Waals surface area contributed by atoms with E-state index in [4.69, 9.17) is 0 Å². The highest BCUT2D eigenvalue weighted by atomic mass is 16.3. The summed E-state index contributed by atoms with van der Waals surface area (Å²) < 4.78 is 0. The fourth-order valence-electron chi connectivity index (χ4n) is 2.31. The van der Waals surface area contributed by atoms with Crippen molar-refractivity contribution in [2.75, 3.05) is 0 Å². The first kappa shape index (κ1) is 18.6. The minimum atomic E-state index is -0.751. The Hall–Kier alpha value is -0.370. The van der Waals surface area contributed by atoms with Crippen LogP contribution >= 0.6 is 0 Å². The zero-order valence-corrected chi connectivity index (χ0v) is 13.3. The number of carbonyl (C=O) groups excluding carboxylic acids is 1. The molecule has 1 atom stereocenters. The summed E-state index contributed by atoms with van der Waals surface area (Å²) in [5, 5.41) is 9.59. The standard InChI is InChI=1S/C17H34O2/c1-4-5-6-7-8-9-10-11-12-13-14-16(18)17(19)15(2)3/h15,17,19H,4-14H2,1-3H3. The molecule has 0 spiro atoms. The van der Waals surface area contributed by atoms with Gasteiger partial charge in [0.1, 0.15) is 6.10 Å². The molecule has 19 heavy (non-hydrogen) atoms. The van der Waals surface area contributed by atoms with Gasteiger partial charge in [-0.2, -0.15) is 0 Å². The Balaban J connectivity index is 3.25. The number of Topliss-reactive ketones (excluding diaryl/α,β-unsaturated/α-hetero) is 1. The van der Waals surface area contributed by atoms with Gasteiger partial charge in [0.25, 0.3) is 0 Å². The van der Waals surface area contributed by atoms with E-state index in [1.165, 1.54) is 51.4 Å². The molecule has 0 bridgehead atoms. The van der Waals surface area contributed by atoms with E-state index in [0.29, 0.717) is 6.42 Å². The van der Waals surface area contributed by atoms with Crippen LogP contribution in [0.3, 0.4) is 0 Å². The Morgan fingerprint density at radius 3 is 1.68 bits per heavy atom. The molecule has 0 fully saturated rings. The maximum atomic E-state index is 11.6. The van der Waals surface area contributed by atoms with Crippen molar-refractivity contribution in [3.63, 3.8) is 0 Å². The summed E-state index contributed by atoms with van der Waals surface area (Å²) in [6.07, 6.45) is 12.6. The summed E-state index contributed by atoms with van der Waals surface area (Å²) in [4.78, 5) is 11.6. The van der Waals surface area contributed by atoms with E-state index in [0.717, 1.165) is 12.8 Å². The Morgan fingerprint density at radius 1 is 0.842 bits per heavy atom. The smallest absolute Gasteiger partial charge is 0.161 e. The number of aliphatic hydroxyl groups excluding tert-OH is 1. The predicted octanol–water partition coefficient (Wildman–Crippen LogP) is 4.88. The fourth-order valence-corrected chi connectivity index (χ4v) is 2.31. The zero-order valence-electron chi connectivity index (χ0n) is 13.3. The Kier molecular flexibility index (Phi) is 12.4. The van der Waals surface area contributed by atoms with E-state index < -0.39 is 6.10 Å². The molecular weight excluding hydrogens is 236 g/mol. The molecular formula is C17H34O2. The lowest BCUT2D eigenvalue weighted by molar-refractivity contribution is -0.129. The monoisotopic (exact) mass is 270 g/mol. The SMILES string of the molecule is CCCCCCCCCCCCC(=O)C(O)C(C)C. The molecule has 1 unspecified atom stereocenters. The van der Waals surface area contributed by atoms with Crippen LogP contribution in [0.15, 0.2) is 0 Å². The molecule has 0 radical (unpaired) electrons. The normalized spacial score (nSPS) is 12.9. The van der Waals surface area contributed by atoms with Crippen LogP contribution in [0.5, 0.6) is 0 Å². The lowest BCUT2D eigenvalue weighted by atomic mass is 9.98. The molecule has 0 heterocycles. The van der Waals surface area contributed by atoms with Gasteiger partial charge in [-0.1, -0.05) is 78.6 Å². The van der Waals surface area contributed by atoms with Crippen LogP contribution in [-0.4, -0.2) is 17.0 Å². The van der Waals surface area contributed by atoms with Crippen LogP contribution in [0.25, 0.3) is 0 Å². The quantitative estimate of drug-likeness (QED) is 0.484. The maximum absolute atomic E-state index is 11.6. The van der Waals surface area contributed by atoms with E-state index >= 15 is 0 Å². The molecule has 0 amide bonds. The maximum Gasteiger partial charge on any atom is 0.161 e. The Morgan fingerprint density at radius 2 is 1.26 bits per heavy atom. The van der Waals surface area contributed by atoms with E-state index in [1.54, 1.807) is 0 Å². The van der Waals surface area contributed by atoms with E-state index in [-0.39, 0.29) is 11.7 Å². The molecule has 2 heteroatoms. The number of aliphatic hydroxyl groups is 1. The Labute approximate surface area is 120 Å². The lowest BCUT2D eigenvalue weighted by Gasteiger charge is -2.12. The summed E-state index contributed by atoms with van der Waals surface area (Å²) in [6.45, 7) is 6.03. The predicted molar refractivity (Wildman–Crippen MR) is 82.3 cm³/mol. The van der Waals surface area contributed by atoms with Crippen molar-refractivity contribution in [1.29, 1.82) is 0 Å². The number of ketones is 1. The first-order valence-corrected chi connectivity index (χ1v) is 8.30. The second-order valence-corrected chi connectivity index (χ2v) is 6.09. The lowest BCUT2D eigenvalue weighted by Crippen LogP contribution is -2.25. The minimum Gasteiger partial charge on any atom is -0.385 e. The highest BCUT2D eigenvalue weighted by Crippen LogP contribution is 2.12. The summed E-state index contributed by atoms with van der Waals surface area (Å²) in [5.41, 5.74) is 0. The van der Waals surface area contributed by atoms with Crippen molar-refractivity contribution in [3.05, 3.63) is 0 Å². The van der Waals surface area contributed by atoms with E-state index in [2.05, 4.69) is 6.92 Å². The number of hydrogen-bond donors (Lipinski definition) is 1. The van der Waals surface area contributed by atoms with Crippen LogP contribution in [0.1, 0.15) is 91.4 Å². The molecule has 2 nitrogen and oxygen atoms in total. The van der Waals surface area contributed by atoms with Crippen LogP contribution in [0, 0.1) is 5.92 Å². The van der Waals surface area contributed by atoms with Crippen LogP contribution in [0.4, 0.5) is 0 Å². The summed E-state index contributed by atoms with van der Waals surface area (Å²) in [7, 11) is 0. The molecule has 114 valence electrons. The van der Waals surface area contributed by atoms with Gasteiger partial charge in [0.2, 0.25) is 0 Å². The van der Waals surface area contributed by atoms with Gasteiger partial charge in [0.15, 0.2) is 5.78 Å². The van der Waals surface area contributed by atoms with Gasteiger partial charge in [-0.05, 0) is 12.3 Å². The topological polar surface area (TPSA) is 37.3 Å². The fraction of sp³-hybridized carbons (Fsp3) is 0.941. The third kappa shape index (κ3) is 11.2. The van der Waals surface area contributed by atoms with Crippen molar-refractivity contribution < 1.29 is 9.90 Å². The number of carbonyl (C=O) groups is 1. The minimum absolute atomic E-state index is 0.0227. The third-order valence-corrected chi connectivity index (χ3v) is 3.74. The van der Waals surface area contributed by atoms with E-state index in [9.17, 15) is 9.90 Å². The first-order chi connectivity index (χ1) is 9.09. The van der Waals surface area contributed by atoms with Gasteiger partial charge in [-0.25, -0.2) is 0 Å². The van der Waals surface area contributed by atoms with Gasteiger partial charge in [0, 0.05) is 6.42 Å². The molecule has 0 saturated heterocycles. The first-order valence-electron chi connectivity index (χ1n) is 8.30. The summed E-state index contributed by atoms with van der Waals surface area (Å²) >= 11 is 0. The average Bonchev–Trinajstić information content (AvgIpc) is 2.39. The van der Waals surface area contributed by atoms with Gasteiger partial charge >= 0.3 is 0 Å². The highest BCUT2D eigenvalue weighted by Gasteiger charge is 2.17.